The van der Waals surface area contributed by atoms with Crippen LogP contribution in [-0.2, 0) is 0 Å². The zero-order valence-corrected chi connectivity index (χ0v) is 15.0. The Labute approximate surface area is 153 Å². The van der Waals surface area contributed by atoms with E-state index in [1.165, 1.54) is 5.56 Å². The van der Waals surface area contributed by atoms with Gasteiger partial charge >= 0.3 is 0 Å². The number of fused-ring (bicyclic) bond motifs is 2. The molecule has 0 bridgehead atoms. The third-order valence-corrected chi connectivity index (χ3v) is 5.57. The van der Waals surface area contributed by atoms with Crippen molar-refractivity contribution >= 4 is 27.3 Å². The molecule has 5 rings (SSSR count). The fraction of sp³-hybridized carbons (Fsp3) is 0.150. The molecular formula is C20H16N4OS. The summed E-state index contributed by atoms with van der Waals surface area (Å²) in [4.78, 5) is 0.782. The predicted molar refractivity (Wildman–Crippen MR) is 102 cm³/mol. The zero-order chi connectivity index (χ0) is 17.5. The van der Waals surface area contributed by atoms with Gasteiger partial charge in [0.15, 0.2) is 5.76 Å². The van der Waals surface area contributed by atoms with Gasteiger partial charge in [-0.15, -0.1) is 10.2 Å². The Bertz CT molecular complexity index is 1160. The summed E-state index contributed by atoms with van der Waals surface area (Å²) in [5.41, 5.74) is 2.11. The molecule has 0 saturated heterocycles. The van der Waals surface area contributed by atoms with Crippen LogP contribution in [-0.4, -0.2) is 19.8 Å². The standard InChI is InChI=1S/C20H16N4OS/c1-2-15(13-8-4-3-5-9-13)19-23-24-18(21-22-20(24)26-19)17-12-14-10-6-7-11-16(14)25-17/h3-12,15H,2H2,1H3/t15-/m1/s1. The number of furan rings is 1. The molecule has 0 unspecified atom stereocenters. The van der Waals surface area contributed by atoms with Gasteiger partial charge in [-0.1, -0.05) is 66.8 Å². The summed E-state index contributed by atoms with van der Waals surface area (Å²) in [7, 11) is 0. The van der Waals surface area contributed by atoms with E-state index in [-0.39, 0.29) is 5.92 Å². The Morgan fingerprint density at radius 1 is 1.04 bits per heavy atom. The van der Waals surface area contributed by atoms with Crippen molar-refractivity contribution in [3.63, 3.8) is 0 Å². The third kappa shape index (κ3) is 2.42. The SMILES string of the molecule is CC[C@H](c1ccccc1)c1nn2c(-c3cc4ccccc4o3)nnc2s1. The Morgan fingerprint density at radius 2 is 1.85 bits per heavy atom. The van der Waals surface area contributed by atoms with Gasteiger partial charge in [0.2, 0.25) is 10.8 Å². The molecule has 1 atom stereocenters. The van der Waals surface area contributed by atoms with Gasteiger partial charge in [-0.3, -0.25) is 0 Å². The minimum absolute atomic E-state index is 0.256. The minimum Gasteiger partial charge on any atom is -0.453 e. The quantitative estimate of drug-likeness (QED) is 0.445. The minimum atomic E-state index is 0.256. The molecule has 0 N–H and O–H groups in total. The summed E-state index contributed by atoms with van der Waals surface area (Å²) < 4.78 is 7.74. The topological polar surface area (TPSA) is 56.2 Å². The summed E-state index contributed by atoms with van der Waals surface area (Å²) in [6, 6.07) is 20.4. The van der Waals surface area contributed by atoms with Crippen LogP contribution in [0.25, 0.3) is 27.5 Å². The van der Waals surface area contributed by atoms with Crippen molar-refractivity contribution in [1.82, 2.24) is 19.8 Å². The van der Waals surface area contributed by atoms with Crippen LogP contribution < -0.4 is 0 Å². The van der Waals surface area contributed by atoms with E-state index in [0.29, 0.717) is 11.6 Å². The molecule has 0 aliphatic rings. The van der Waals surface area contributed by atoms with E-state index in [4.69, 9.17) is 9.52 Å². The highest BCUT2D eigenvalue weighted by Crippen LogP contribution is 2.33. The number of aromatic nitrogens is 4. The monoisotopic (exact) mass is 360 g/mol. The smallest absolute Gasteiger partial charge is 0.235 e. The lowest BCUT2D eigenvalue weighted by Crippen LogP contribution is -2.00. The molecule has 5 aromatic rings. The lowest BCUT2D eigenvalue weighted by molar-refractivity contribution is 0.620. The van der Waals surface area contributed by atoms with Crippen molar-refractivity contribution in [2.45, 2.75) is 19.3 Å². The molecule has 3 heterocycles. The maximum atomic E-state index is 5.94. The zero-order valence-electron chi connectivity index (χ0n) is 14.2. The second kappa shape index (κ2) is 6.07. The van der Waals surface area contributed by atoms with Crippen LogP contribution in [0.15, 0.2) is 65.1 Å². The van der Waals surface area contributed by atoms with Crippen molar-refractivity contribution in [1.29, 1.82) is 0 Å². The van der Waals surface area contributed by atoms with Gasteiger partial charge in [-0.05, 0) is 24.1 Å². The van der Waals surface area contributed by atoms with Crippen molar-refractivity contribution < 1.29 is 4.42 Å². The van der Waals surface area contributed by atoms with Crippen molar-refractivity contribution in [3.05, 3.63) is 71.2 Å². The molecule has 0 spiro atoms. The van der Waals surface area contributed by atoms with E-state index >= 15 is 0 Å². The summed E-state index contributed by atoms with van der Waals surface area (Å²) in [5.74, 6) is 1.58. The average molecular weight is 360 g/mol. The highest BCUT2D eigenvalue weighted by molar-refractivity contribution is 7.16. The van der Waals surface area contributed by atoms with Gasteiger partial charge in [0.1, 0.15) is 10.6 Å². The number of para-hydroxylation sites is 1. The number of nitrogens with zero attached hydrogens (tertiary/aromatic N) is 4. The lowest BCUT2D eigenvalue weighted by Gasteiger charge is -2.11. The first-order valence-electron chi connectivity index (χ1n) is 8.59. The number of hydrogen-bond acceptors (Lipinski definition) is 5. The molecular weight excluding hydrogens is 344 g/mol. The van der Waals surface area contributed by atoms with Crippen molar-refractivity contribution in [2.24, 2.45) is 0 Å². The number of rotatable bonds is 4. The first kappa shape index (κ1) is 15.3. The molecule has 0 saturated carbocycles. The van der Waals surface area contributed by atoms with Gasteiger partial charge in [-0.25, -0.2) is 0 Å². The second-order valence-electron chi connectivity index (χ2n) is 6.18. The third-order valence-electron chi connectivity index (χ3n) is 4.56. The van der Waals surface area contributed by atoms with Crippen LogP contribution in [0.5, 0.6) is 0 Å². The Balaban J connectivity index is 1.61. The molecule has 5 nitrogen and oxygen atoms in total. The first-order valence-corrected chi connectivity index (χ1v) is 9.41. The number of hydrogen-bond donors (Lipinski definition) is 0. The van der Waals surface area contributed by atoms with Crippen molar-refractivity contribution in [2.75, 3.05) is 0 Å². The Hall–Kier alpha value is -2.99. The van der Waals surface area contributed by atoms with E-state index < -0.39 is 0 Å². The summed E-state index contributed by atoms with van der Waals surface area (Å²) in [5, 5.41) is 15.5. The van der Waals surface area contributed by atoms with E-state index in [1.807, 2.05) is 36.4 Å². The van der Waals surface area contributed by atoms with E-state index in [2.05, 4.69) is 41.4 Å². The van der Waals surface area contributed by atoms with Crippen LogP contribution in [0.3, 0.4) is 0 Å². The van der Waals surface area contributed by atoms with E-state index in [1.54, 1.807) is 15.9 Å². The predicted octanol–water partition coefficient (Wildman–Crippen LogP) is 5.14. The fourth-order valence-electron chi connectivity index (χ4n) is 3.26. The highest BCUT2D eigenvalue weighted by Gasteiger charge is 2.21. The summed E-state index contributed by atoms with van der Waals surface area (Å²) in [6.07, 6.45) is 0.980. The molecule has 6 heteroatoms. The van der Waals surface area contributed by atoms with E-state index in [0.717, 1.165) is 27.4 Å². The molecule has 3 aromatic heterocycles. The Kier molecular flexibility index (Phi) is 3.57. The van der Waals surface area contributed by atoms with Crippen LogP contribution in [0, 0.1) is 0 Å². The number of benzene rings is 2. The van der Waals surface area contributed by atoms with Crippen LogP contribution in [0.1, 0.15) is 29.8 Å². The molecule has 2 aromatic carbocycles. The van der Waals surface area contributed by atoms with Crippen LogP contribution >= 0.6 is 11.3 Å². The molecule has 0 aliphatic carbocycles. The lowest BCUT2D eigenvalue weighted by atomic mass is 9.97. The van der Waals surface area contributed by atoms with Gasteiger partial charge in [0.25, 0.3) is 0 Å². The molecule has 128 valence electrons. The van der Waals surface area contributed by atoms with Crippen LogP contribution in [0.2, 0.25) is 0 Å². The molecule has 0 fully saturated rings. The maximum absolute atomic E-state index is 5.94. The summed E-state index contributed by atoms with van der Waals surface area (Å²) >= 11 is 1.58. The average Bonchev–Trinajstić information content (AvgIpc) is 3.36. The maximum Gasteiger partial charge on any atom is 0.235 e. The Morgan fingerprint density at radius 3 is 2.65 bits per heavy atom. The van der Waals surface area contributed by atoms with Gasteiger partial charge in [0.05, 0.1) is 0 Å². The van der Waals surface area contributed by atoms with Gasteiger partial charge in [0, 0.05) is 11.3 Å². The molecule has 0 aliphatic heterocycles. The van der Waals surface area contributed by atoms with E-state index in [9.17, 15) is 0 Å². The first-order chi connectivity index (χ1) is 12.8. The largest absolute Gasteiger partial charge is 0.453 e. The highest BCUT2D eigenvalue weighted by atomic mass is 32.1. The van der Waals surface area contributed by atoms with Crippen LogP contribution in [0.4, 0.5) is 0 Å². The summed E-state index contributed by atoms with van der Waals surface area (Å²) in [6.45, 7) is 2.18. The normalized spacial score (nSPS) is 12.8. The molecule has 0 radical (unpaired) electrons. The van der Waals surface area contributed by atoms with Gasteiger partial charge in [-0.2, -0.15) is 9.61 Å². The second-order valence-corrected chi connectivity index (χ2v) is 7.17. The van der Waals surface area contributed by atoms with Gasteiger partial charge < -0.3 is 4.42 Å². The van der Waals surface area contributed by atoms with Crippen molar-refractivity contribution in [3.8, 4) is 11.6 Å². The molecule has 0 amide bonds. The fourth-order valence-corrected chi connectivity index (χ4v) is 4.31. The molecule has 26 heavy (non-hydrogen) atoms.